The van der Waals surface area contributed by atoms with E-state index in [-0.39, 0.29) is 17.5 Å². The van der Waals surface area contributed by atoms with Crippen LogP contribution in [-0.2, 0) is 12.8 Å². The molecule has 1 aliphatic heterocycles. The summed E-state index contributed by atoms with van der Waals surface area (Å²) < 4.78 is 10.8. The number of amides is 2. The van der Waals surface area contributed by atoms with Gasteiger partial charge in [0.05, 0.1) is 18.7 Å². The highest BCUT2D eigenvalue weighted by molar-refractivity contribution is 6.06. The van der Waals surface area contributed by atoms with E-state index in [1.165, 1.54) is 6.07 Å². The molecule has 27 heavy (non-hydrogen) atoms. The number of ether oxygens (including phenoxy) is 1. The molecule has 140 valence electrons. The molecule has 0 spiro atoms. The Balaban J connectivity index is 1.51. The maximum absolute atomic E-state index is 12.7. The minimum Gasteiger partial charge on any atom is -0.497 e. The molecule has 1 atom stereocenters. The summed E-state index contributed by atoms with van der Waals surface area (Å²) in [6.45, 7) is 0.589. The fourth-order valence-electron chi connectivity index (χ4n) is 3.59. The van der Waals surface area contributed by atoms with E-state index in [9.17, 15) is 14.4 Å². The Morgan fingerprint density at radius 1 is 1.22 bits per heavy atom. The van der Waals surface area contributed by atoms with Crippen LogP contribution in [0.5, 0.6) is 5.75 Å². The van der Waals surface area contributed by atoms with E-state index in [1.807, 2.05) is 6.07 Å². The third-order valence-electron chi connectivity index (χ3n) is 5.05. The van der Waals surface area contributed by atoms with E-state index < -0.39 is 11.9 Å². The Morgan fingerprint density at radius 3 is 2.89 bits per heavy atom. The number of hydrogen-bond donors (Lipinski definition) is 2. The van der Waals surface area contributed by atoms with Crippen molar-refractivity contribution in [1.82, 2.24) is 10.6 Å². The average Bonchev–Trinajstić information content (AvgIpc) is 3.04. The van der Waals surface area contributed by atoms with Gasteiger partial charge in [-0.1, -0.05) is 0 Å². The number of carbonyl (C=O) groups excluding carboxylic acids is 3. The lowest BCUT2D eigenvalue weighted by Crippen LogP contribution is -2.43. The molecule has 7 heteroatoms. The fraction of sp³-hybridized carbons (Fsp3) is 0.350. The summed E-state index contributed by atoms with van der Waals surface area (Å²) in [6.07, 6.45) is 2.53. The minimum atomic E-state index is -0.614. The Kier molecular flexibility index (Phi) is 4.43. The van der Waals surface area contributed by atoms with E-state index in [2.05, 4.69) is 10.6 Å². The highest BCUT2D eigenvalue weighted by atomic mass is 16.5. The molecule has 2 N–H and O–H groups in total. The Bertz CT molecular complexity index is 930. The Morgan fingerprint density at radius 2 is 2.07 bits per heavy atom. The van der Waals surface area contributed by atoms with Crippen molar-refractivity contribution in [3.05, 3.63) is 52.5 Å². The van der Waals surface area contributed by atoms with Crippen molar-refractivity contribution < 1.29 is 23.5 Å². The topological polar surface area (TPSA) is 97.6 Å². The Hall–Kier alpha value is -3.09. The maximum atomic E-state index is 12.7. The molecule has 7 nitrogen and oxygen atoms in total. The monoisotopic (exact) mass is 368 g/mol. The van der Waals surface area contributed by atoms with Crippen LogP contribution in [0.3, 0.4) is 0 Å². The van der Waals surface area contributed by atoms with Crippen LogP contribution in [0.15, 0.2) is 28.7 Å². The normalized spacial score (nSPS) is 18.8. The summed E-state index contributed by atoms with van der Waals surface area (Å²) in [4.78, 5) is 37.3. The van der Waals surface area contributed by atoms with Gasteiger partial charge in [0.1, 0.15) is 11.5 Å². The smallest absolute Gasteiger partial charge is 0.287 e. The van der Waals surface area contributed by atoms with Gasteiger partial charge >= 0.3 is 0 Å². The van der Waals surface area contributed by atoms with Crippen molar-refractivity contribution in [1.29, 1.82) is 0 Å². The van der Waals surface area contributed by atoms with Gasteiger partial charge in [0, 0.05) is 24.6 Å². The number of aryl methyl sites for hydroxylation is 2. The first-order chi connectivity index (χ1) is 13.1. The summed E-state index contributed by atoms with van der Waals surface area (Å²) in [5, 5.41) is 5.52. The molecular weight excluding hydrogens is 348 g/mol. The van der Waals surface area contributed by atoms with Gasteiger partial charge in [-0.3, -0.25) is 14.4 Å². The second-order valence-corrected chi connectivity index (χ2v) is 6.76. The molecule has 0 bridgehead atoms. The van der Waals surface area contributed by atoms with E-state index in [0.29, 0.717) is 48.4 Å². The highest BCUT2D eigenvalue weighted by Crippen LogP contribution is 2.26. The fourth-order valence-corrected chi connectivity index (χ4v) is 3.59. The summed E-state index contributed by atoms with van der Waals surface area (Å²) in [6, 6.07) is 6.17. The number of ketones is 1. The lowest BCUT2D eigenvalue weighted by Gasteiger charge is -2.24. The molecule has 1 aliphatic carbocycles. The van der Waals surface area contributed by atoms with Crippen molar-refractivity contribution in [3.8, 4) is 5.75 Å². The zero-order valence-electron chi connectivity index (χ0n) is 15.0. The zero-order valence-corrected chi connectivity index (χ0v) is 15.0. The number of benzene rings is 1. The van der Waals surface area contributed by atoms with Crippen LogP contribution in [0.4, 0.5) is 0 Å². The molecule has 1 aromatic heterocycles. The molecule has 0 saturated carbocycles. The number of hydrogen-bond acceptors (Lipinski definition) is 5. The lowest BCUT2D eigenvalue weighted by molar-refractivity contribution is 0.0829. The molecule has 1 aromatic carbocycles. The van der Waals surface area contributed by atoms with Crippen LogP contribution in [0.1, 0.15) is 55.4 Å². The molecule has 2 aromatic rings. The van der Waals surface area contributed by atoms with Crippen molar-refractivity contribution in [3.63, 3.8) is 0 Å². The number of Topliss-reactive ketones (excluding diaryl/α,β-unsaturated/α-hetero) is 1. The predicted molar refractivity (Wildman–Crippen MR) is 96.3 cm³/mol. The number of fused-ring (bicyclic) bond motifs is 2. The predicted octanol–water partition coefficient (Wildman–Crippen LogP) is 1.89. The van der Waals surface area contributed by atoms with Crippen molar-refractivity contribution in [2.45, 2.75) is 31.7 Å². The molecule has 0 radical (unpaired) electrons. The van der Waals surface area contributed by atoms with Crippen LogP contribution in [0, 0.1) is 0 Å². The second kappa shape index (κ2) is 6.90. The number of carbonyl (C=O) groups is 3. The van der Waals surface area contributed by atoms with Gasteiger partial charge in [0.2, 0.25) is 0 Å². The summed E-state index contributed by atoms with van der Waals surface area (Å²) in [5.74, 6) is 0.443. The third-order valence-corrected chi connectivity index (χ3v) is 5.05. The summed E-state index contributed by atoms with van der Waals surface area (Å²) >= 11 is 0. The minimum absolute atomic E-state index is 0.0605. The van der Waals surface area contributed by atoms with Crippen LogP contribution < -0.4 is 15.4 Å². The number of rotatable bonds is 3. The quantitative estimate of drug-likeness (QED) is 0.862. The zero-order chi connectivity index (χ0) is 19.0. The highest BCUT2D eigenvalue weighted by Gasteiger charge is 2.31. The number of methoxy groups -OCH3 is 1. The summed E-state index contributed by atoms with van der Waals surface area (Å²) in [5.41, 5.74) is 1.92. The molecule has 2 heterocycles. The van der Waals surface area contributed by atoms with Gasteiger partial charge in [-0.2, -0.15) is 0 Å². The van der Waals surface area contributed by atoms with Gasteiger partial charge in [-0.25, -0.2) is 0 Å². The number of furan rings is 1. The average molecular weight is 368 g/mol. The van der Waals surface area contributed by atoms with Crippen molar-refractivity contribution >= 4 is 17.6 Å². The second-order valence-electron chi connectivity index (χ2n) is 6.76. The van der Waals surface area contributed by atoms with Crippen LogP contribution in [0.25, 0.3) is 0 Å². The Labute approximate surface area is 156 Å². The first-order valence-electron chi connectivity index (χ1n) is 8.99. The SMILES string of the molecule is COc1ccc2c(c1)CCC(NC(=O)c1cc3c(o1)CCCNC3=O)C2=O. The summed E-state index contributed by atoms with van der Waals surface area (Å²) in [7, 11) is 1.58. The molecule has 1 unspecified atom stereocenters. The molecule has 0 fully saturated rings. The van der Waals surface area contributed by atoms with E-state index in [0.717, 1.165) is 12.0 Å². The van der Waals surface area contributed by atoms with Gasteiger partial charge in [0.15, 0.2) is 11.5 Å². The first-order valence-corrected chi connectivity index (χ1v) is 8.99. The molecular formula is C20H20N2O5. The van der Waals surface area contributed by atoms with Crippen molar-refractivity contribution in [2.24, 2.45) is 0 Å². The van der Waals surface area contributed by atoms with Crippen LogP contribution >= 0.6 is 0 Å². The van der Waals surface area contributed by atoms with Crippen molar-refractivity contribution in [2.75, 3.05) is 13.7 Å². The van der Waals surface area contributed by atoms with Gasteiger partial charge in [-0.05, 0) is 43.0 Å². The van der Waals surface area contributed by atoms with E-state index in [1.54, 1.807) is 19.2 Å². The standard InChI is InChI=1S/C20H20N2O5/c1-26-12-5-6-13-11(9-12)4-7-15(18(13)23)22-20(25)17-10-14-16(27-17)3-2-8-21-19(14)24/h5-6,9-10,15H,2-4,7-8H2,1H3,(H,21,24)(H,22,25). The van der Waals surface area contributed by atoms with E-state index in [4.69, 9.17) is 9.15 Å². The van der Waals surface area contributed by atoms with Crippen LogP contribution in [-0.4, -0.2) is 37.3 Å². The number of nitrogens with one attached hydrogen (secondary N) is 2. The first kappa shape index (κ1) is 17.3. The molecule has 2 amide bonds. The molecule has 4 rings (SSSR count). The van der Waals surface area contributed by atoms with Gasteiger partial charge < -0.3 is 19.8 Å². The molecule has 0 saturated heterocycles. The van der Waals surface area contributed by atoms with Gasteiger partial charge in [-0.15, -0.1) is 0 Å². The third kappa shape index (κ3) is 3.20. The van der Waals surface area contributed by atoms with Crippen LogP contribution in [0.2, 0.25) is 0 Å². The molecule has 2 aliphatic rings. The maximum Gasteiger partial charge on any atom is 0.287 e. The lowest BCUT2D eigenvalue weighted by atomic mass is 9.87. The largest absolute Gasteiger partial charge is 0.497 e. The van der Waals surface area contributed by atoms with Gasteiger partial charge in [0.25, 0.3) is 11.8 Å². The van der Waals surface area contributed by atoms with E-state index >= 15 is 0 Å².